The third-order valence-electron chi connectivity index (χ3n) is 2.67. The fraction of sp³-hybridized carbons (Fsp3) is 0.786. The number of hydrogen-bond donors (Lipinski definition) is 2. The first-order chi connectivity index (χ1) is 9.27. The summed E-state index contributed by atoms with van der Waals surface area (Å²) < 4.78 is 0. The van der Waals surface area contributed by atoms with Gasteiger partial charge in [-0.2, -0.15) is 5.26 Å². The monoisotopic (exact) mass is 283 g/mol. The number of nitrogens with one attached hydrogen (secondary N) is 1. The second-order valence-electron chi connectivity index (χ2n) is 5.72. The van der Waals surface area contributed by atoms with Crippen molar-refractivity contribution in [3.05, 3.63) is 0 Å². The molecule has 20 heavy (non-hydrogen) atoms. The largest absolute Gasteiger partial charge is 0.480 e. The van der Waals surface area contributed by atoms with Crippen molar-refractivity contribution in [1.82, 2.24) is 10.2 Å². The third-order valence-corrected chi connectivity index (χ3v) is 2.67. The molecule has 0 saturated heterocycles. The van der Waals surface area contributed by atoms with Crippen molar-refractivity contribution in [2.45, 2.75) is 46.6 Å². The van der Waals surface area contributed by atoms with Crippen LogP contribution in [0.1, 0.15) is 40.5 Å². The molecule has 0 aromatic carbocycles. The van der Waals surface area contributed by atoms with Crippen LogP contribution in [0.3, 0.4) is 0 Å². The molecule has 0 saturated carbocycles. The summed E-state index contributed by atoms with van der Waals surface area (Å²) in [5.41, 5.74) is 0. The smallest absolute Gasteiger partial charge is 0.326 e. The van der Waals surface area contributed by atoms with E-state index in [9.17, 15) is 9.59 Å². The Balaban J connectivity index is 4.69. The van der Waals surface area contributed by atoms with E-state index in [4.69, 9.17) is 10.4 Å². The van der Waals surface area contributed by atoms with Gasteiger partial charge in [0.05, 0.1) is 12.5 Å². The van der Waals surface area contributed by atoms with E-state index in [-0.39, 0.29) is 18.3 Å². The third kappa shape index (κ3) is 7.62. The highest BCUT2D eigenvalue weighted by molar-refractivity contribution is 5.82. The van der Waals surface area contributed by atoms with Crippen LogP contribution >= 0.6 is 0 Å². The number of nitriles is 1. The molecule has 1 atom stereocenters. The Morgan fingerprint density at radius 2 is 1.85 bits per heavy atom. The van der Waals surface area contributed by atoms with E-state index in [1.807, 2.05) is 33.8 Å². The lowest BCUT2D eigenvalue weighted by atomic mass is 10.0. The minimum absolute atomic E-state index is 0.175. The average Bonchev–Trinajstić information content (AvgIpc) is 2.32. The van der Waals surface area contributed by atoms with Gasteiger partial charge in [-0.25, -0.2) is 9.59 Å². The molecule has 0 aliphatic heterocycles. The Hall–Kier alpha value is -1.77. The fourth-order valence-corrected chi connectivity index (χ4v) is 1.83. The van der Waals surface area contributed by atoms with Crippen molar-refractivity contribution in [2.75, 3.05) is 13.1 Å². The normalized spacial score (nSPS) is 12.1. The Kier molecular flexibility index (Phi) is 8.37. The van der Waals surface area contributed by atoms with E-state index in [0.29, 0.717) is 19.5 Å². The lowest BCUT2D eigenvalue weighted by molar-refractivity contribution is -0.139. The van der Waals surface area contributed by atoms with Gasteiger partial charge < -0.3 is 15.3 Å². The molecular formula is C14H25N3O3. The van der Waals surface area contributed by atoms with Gasteiger partial charge in [0.1, 0.15) is 6.04 Å². The number of carbonyl (C=O) groups is 2. The van der Waals surface area contributed by atoms with Gasteiger partial charge in [0.2, 0.25) is 0 Å². The summed E-state index contributed by atoms with van der Waals surface area (Å²) in [7, 11) is 0. The summed E-state index contributed by atoms with van der Waals surface area (Å²) >= 11 is 0. The number of hydrogen-bond acceptors (Lipinski definition) is 3. The summed E-state index contributed by atoms with van der Waals surface area (Å²) in [5.74, 6) is -0.598. The molecule has 0 aromatic rings. The number of rotatable bonds is 8. The lowest BCUT2D eigenvalue weighted by Gasteiger charge is -2.26. The van der Waals surface area contributed by atoms with Crippen LogP contribution in [0.4, 0.5) is 4.79 Å². The lowest BCUT2D eigenvalue weighted by Crippen LogP contribution is -2.49. The van der Waals surface area contributed by atoms with Crippen LogP contribution in [0.25, 0.3) is 0 Å². The highest BCUT2D eigenvalue weighted by Gasteiger charge is 2.24. The molecule has 6 nitrogen and oxygen atoms in total. The van der Waals surface area contributed by atoms with Crippen molar-refractivity contribution in [3.8, 4) is 6.07 Å². The maximum atomic E-state index is 12.1. The molecule has 0 aliphatic rings. The zero-order valence-electron chi connectivity index (χ0n) is 12.7. The number of carbonyl (C=O) groups excluding carboxylic acids is 1. The molecule has 0 unspecified atom stereocenters. The molecule has 6 heteroatoms. The van der Waals surface area contributed by atoms with Crippen molar-refractivity contribution >= 4 is 12.0 Å². The number of carboxylic acids is 1. The number of amides is 2. The minimum Gasteiger partial charge on any atom is -0.480 e. The van der Waals surface area contributed by atoms with Gasteiger partial charge in [0, 0.05) is 13.1 Å². The van der Waals surface area contributed by atoms with E-state index in [0.717, 1.165) is 0 Å². The molecule has 0 aliphatic carbocycles. The van der Waals surface area contributed by atoms with Crippen LogP contribution in [0, 0.1) is 23.2 Å². The number of urea groups is 1. The Labute approximate surface area is 120 Å². The Morgan fingerprint density at radius 1 is 1.25 bits per heavy atom. The molecular weight excluding hydrogens is 258 g/mol. The molecule has 0 fully saturated rings. The molecule has 0 rings (SSSR count). The van der Waals surface area contributed by atoms with E-state index < -0.39 is 18.0 Å². The SMILES string of the molecule is CC(C)C[C@H](NC(=O)N(CCC#N)CC(C)C)C(=O)O. The predicted molar refractivity (Wildman–Crippen MR) is 76.1 cm³/mol. The maximum absolute atomic E-state index is 12.1. The van der Waals surface area contributed by atoms with Crippen LogP contribution in [0.15, 0.2) is 0 Å². The maximum Gasteiger partial charge on any atom is 0.326 e. The van der Waals surface area contributed by atoms with Crippen LogP contribution in [-0.2, 0) is 4.79 Å². The Morgan fingerprint density at radius 3 is 2.25 bits per heavy atom. The highest BCUT2D eigenvalue weighted by Crippen LogP contribution is 2.07. The molecule has 0 aromatic heterocycles. The topological polar surface area (TPSA) is 93.4 Å². The molecule has 0 bridgehead atoms. The summed E-state index contributed by atoms with van der Waals surface area (Å²) in [5, 5.41) is 20.3. The predicted octanol–water partition coefficient (Wildman–Crippen LogP) is 2.07. The van der Waals surface area contributed by atoms with Gasteiger partial charge in [-0.1, -0.05) is 27.7 Å². The summed E-state index contributed by atoms with van der Waals surface area (Å²) in [6.07, 6.45) is 0.622. The average molecular weight is 283 g/mol. The summed E-state index contributed by atoms with van der Waals surface area (Å²) in [6, 6.07) is 0.692. The summed E-state index contributed by atoms with van der Waals surface area (Å²) in [6.45, 7) is 8.56. The van der Waals surface area contributed by atoms with E-state index in [2.05, 4.69) is 5.32 Å². The number of nitrogens with zero attached hydrogens (tertiary/aromatic N) is 2. The van der Waals surface area contributed by atoms with Crippen LogP contribution in [-0.4, -0.2) is 41.1 Å². The molecule has 0 radical (unpaired) electrons. The van der Waals surface area contributed by atoms with Gasteiger partial charge in [-0.15, -0.1) is 0 Å². The van der Waals surface area contributed by atoms with Crippen molar-refractivity contribution in [3.63, 3.8) is 0 Å². The molecule has 2 amide bonds. The molecule has 2 N–H and O–H groups in total. The minimum atomic E-state index is -1.03. The quantitative estimate of drug-likeness (QED) is 0.713. The van der Waals surface area contributed by atoms with E-state index in [1.54, 1.807) is 0 Å². The van der Waals surface area contributed by atoms with Gasteiger partial charge in [0.25, 0.3) is 0 Å². The molecule has 0 spiro atoms. The standard InChI is InChI=1S/C14H25N3O3/c1-10(2)8-12(13(18)19)16-14(20)17(7-5-6-15)9-11(3)4/h10-12H,5,7-9H2,1-4H3,(H,16,20)(H,18,19)/t12-/m0/s1. The van der Waals surface area contributed by atoms with Crippen molar-refractivity contribution in [2.24, 2.45) is 11.8 Å². The highest BCUT2D eigenvalue weighted by atomic mass is 16.4. The van der Waals surface area contributed by atoms with Crippen LogP contribution in [0.2, 0.25) is 0 Å². The first-order valence-electron chi connectivity index (χ1n) is 6.93. The van der Waals surface area contributed by atoms with Gasteiger partial charge >= 0.3 is 12.0 Å². The van der Waals surface area contributed by atoms with E-state index in [1.165, 1.54) is 4.90 Å². The second-order valence-corrected chi connectivity index (χ2v) is 5.72. The first-order valence-corrected chi connectivity index (χ1v) is 6.93. The Bertz CT molecular complexity index is 361. The van der Waals surface area contributed by atoms with Crippen molar-refractivity contribution < 1.29 is 14.7 Å². The zero-order chi connectivity index (χ0) is 15.7. The first kappa shape index (κ1) is 18.2. The van der Waals surface area contributed by atoms with Crippen molar-refractivity contribution in [1.29, 1.82) is 5.26 Å². The fourth-order valence-electron chi connectivity index (χ4n) is 1.83. The number of carboxylic acid groups (broad SMARTS) is 1. The van der Waals surface area contributed by atoms with Gasteiger partial charge in [-0.3, -0.25) is 0 Å². The van der Waals surface area contributed by atoms with Crippen LogP contribution < -0.4 is 5.32 Å². The van der Waals surface area contributed by atoms with Crippen LogP contribution in [0.5, 0.6) is 0 Å². The van der Waals surface area contributed by atoms with E-state index >= 15 is 0 Å². The second kappa shape index (κ2) is 9.18. The zero-order valence-corrected chi connectivity index (χ0v) is 12.7. The van der Waals surface area contributed by atoms with Gasteiger partial charge in [-0.05, 0) is 18.3 Å². The van der Waals surface area contributed by atoms with Gasteiger partial charge in [0.15, 0.2) is 0 Å². The summed E-state index contributed by atoms with van der Waals surface area (Å²) in [4.78, 5) is 24.8. The molecule has 114 valence electrons. The molecule has 0 heterocycles. The number of aliphatic carboxylic acids is 1.